The molecule has 16 heavy (non-hydrogen) atoms. The first-order valence-electron chi connectivity index (χ1n) is 4.90. The fraction of sp³-hybridized carbons (Fsp3) is 0.364. The molecule has 0 spiro atoms. The molecule has 2 N–H and O–H groups in total. The van der Waals surface area contributed by atoms with Gasteiger partial charge in [-0.15, -0.1) is 0 Å². The van der Waals surface area contributed by atoms with Gasteiger partial charge in [0.25, 0.3) is 0 Å². The minimum atomic E-state index is -0.894. The van der Waals surface area contributed by atoms with Crippen LogP contribution >= 0.6 is 0 Å². The van der Waals surface area contributed by atoms with E-state index in [0.29, 0.717) is 0 Å². The largest absolute Gasteiger partial charge is 0.466 e. The monoisotopic (exact) mass is 229 g/mol. The van der Waals surface area contributed by atoms with Gasteiger partial charge >= 0.3 is 5.97 Å². The van der Waals surface area contributed by atoms with Crippen LogP contribution < -0.4 is 5.73 Å². The van der Waals surface area contributed by atoms with Gasteiger partial charge < -0.3 is 10.5 Å². The van der Waals surface area contributed by atoms with E-state index in [0.717, 1.165) is 18.2 Å². The zero-order valence-electron chi connectivity index (χ0n) is 8.87. The molecule has 1 aromatic rings. The highest BCUT2D eigenvalue weighted by Gasteiger charge is 2.16. The van der Waals surface area contributed by atoms with Gasteiger partial charge in [0, 0.05) is 11.6 Å². The Labute approximate surface area is 92.2 Å². The highest BCUT2D eigenvalue weighted by atomic mass is 19.1. The molecule has 5 heteroatoms. The van der Waals surface area contributed by atoms with E-state index in [1.165, 1.54) is 0 Å². The van der Waals surface area contributed by atoms with Crippen LogP contribution in [0.25, 0.3) is 0 Å². The van der Waals surface area contributed by atoms with Crippen LogP contribution in [-0.4, -0.2) is 12.6 Å². The Balaban J connectivity index is 2.76. The lowest BCUT2D eigenvalue weighted by Crippen LogP contribution is -2.18. The Morgan fingerprint density at radius 3 is 2.81 bits per heavy atom. The first-order chi connectivity index (χ1) is 7.54. The van der Waals surface area contributed by atoms with E-state index in [2.05, 4.69) is 4.74 Å². The van der Waals surface area contributed by atoms with Gasteiger partial charge in [-0.25, -0.2) is 8.78 Å². The number of halogens is 2. The average molecular weight is 229 g/mol. The van der Waals surface area contributed by atoms with Crippen LogP contribution in [0.2, 0.25) is 0 Å². The zero-order valence-corrected chi connectivity index (χ0v) is 8.87. The molecule has 0 bridgehead atoms. The standard InChI is InChI=1S/C11H13F2NO2/c1-2-16-11(15)6-10(14)8-5-7(12)3-4-9(8)13/h3-5,10H,2,6,14H2,1H3/t10-/m0/s1. The summed E-state index contributed by atoms with van der Waals surface area (Å²) >= 11 is 0. The lowest BCUT2D eigenvalue weighted by Gasteiger charge is -2.12. The second-order valence-electron chi connectivity index (χ2n) is 3.28. The number of nitrogens with two attached hydrogens (primary N) is 1. The van der Waals surface area contributed by atoms with Crippen LogP contribution in [0.1, 0.15) is 24.9 Å². The van der Waals surface area contributed by atoms with E-state index in [4.69, 9.17) is 5.73 Å². The van der Waals surface area contributed by atoms with Gasteiger partial charge in [0.15, 0.2) is 0 Å². The van der Waals surface area contributed by atoms with E-state index in [9.17, 15) is 13.6 Å². The molecule has 0 aliphatic heterocycles. The molecule has 0 heterocycles. The van der Waals surface area contributed by atoms with Crippen molar-refractivity contribution in [3.05, 3.63) is 35.4 Å². The Kier molecular flexibility index (Phi) is 4.37. The SMILES string of the molecule is CCOC(=O)C[C@H](N)c1cc(F)ccc1F. The van der Waals surface area contributed by atoms with Gasteiger partial charge in [-0.1, -0.05) is 0 Å². The molecule has 0 aliphatic rings. The predicted octanol–water partition coefficient (Wildman–Crippen LogP) is 1.92. The molecule has 1 atom stereocenters. The van der Waals surface area contributed by atoms with Crippen molar-refractivity contribution in [1.82, 2.24) is 0 Å². The zero-order chi connectivity index (χ0) is 12.1. The molecule has 0 aromatic heterocycles. The Morgan fingerprint density at radius 1 is 1.50 bits per heavy atom. The molecule has 3 nitrogen and oxygen atoms in total. The lowest BCUT2D eigenvalue weighted by atomic mass is 10.0. The highest BCUT2D eigenvalue weighted by molar-refractivity contribution is 5.70. The van der Waals surface area contributed by atoms with Crippen LogP contribution in [0, 0.1) is 11.6 Å². The topological polar surface area (TPSA) is 52.3 Å². The third-order valence-electron chi connectivity index (χ3n) is 2.05. The number of carbonyl (C=O) groups is 1. The maximum Gasteiger partial charge on any atom is 0.307 e. The summed E-state index contributed by atoms with van der Waals surface area (Å²) in [5.74, 6) is -1.74. The minimum Gasteiger partial charge on any atom is -0.466 e. The van der Waals surface area contributed by atoms with Gasteiger partial charge in [0.2, 0.25) is 0 Å². The van der Waals surface area contributed by atoms with Crippen molar-refractivity contribution in [1.29, 1.82) is 0 Å². The number of hydrogen-bond acceptors (Lipinski definition) is 3. The van der Waals surface area contributed by atoms with Crippen molar-refractivity contribution in [2.75, 3.05) is 6.61 Å². The van der Waals surface area contributed by atoms with E-state index in [1.54, 1.807) is 6.92 Å². The second kappa shape index (κ2) is 5.55. The Morgan fingerprint density at radius 2 is 2.19 bits per heavy atom. The maximum absolute atomic E-state index is 13.3. The molecule has 1 rings (SSSR count). The predicted molar refractivity (Wildman–Crippen MR) is 54.5 cm³/mol. The molecule has 0 radical (unpaired) electrons. The molecule has 0 fully saturated rings. The van der Waals surface area contributed by atoms with E-state index in [1.807, 2.05) is 0 Å². The smallest absolute Gasteiger partial charge is 0.307 e. The van der Waals surface area contributed by atoms with Crippen molar-refractivity contribution in [3.8, 4) is 0 Å². The fourth-order valence-electron chi connectivity index (χ4n) is 1.31. The maximum atomic E-state index is 13.3. The van der Waals surface area contributed by atoms with Crippen molar-refractivity contribution >= 4 is 5.97 Å². The summed E-state index contributed by atoms with van der Waals surface area (Å²) in [6, 6.07) is 2.07. The van der Waals surface area contributed by atoms with Crippen molar-refractivity contribution in [2.24, 2.45) is 5.73 Å². The molecule has 1 aromatic carbocycles. The molecule has 0 aliphatic carbocycles. The number of esters is 1. The summed E-state index contributed by atoms with van der Waals surface area (Å²) in [6.45, 7) is 1.89. The average Bonchev–Trinajstić information content (AvgIpc) is 2.21. The second-order valence-corrected chi connectivity index (χ2v) is 3.28. The lowest BCUT2D eigenvalue weighted by molar-refractivity contribution is -0.143. The summed E-state index contributed by atoms with van der Waals surface area (Å²) in [5, 5.41) is 0. The first-order valence-corrected chi connectivity index (χ1v) is 4.90. The fourth-order valence-corrected chi connectivity index (χ4v) is 1.31. The van der Waals surface area contributed by atoms with Crippen molar-refractivity contribution < 1.29 is 18.3 Å². The quantitative estimate of drug-likeness (QED) is 0.802. The van der Waals surface area contributed by atoms with Gasteiger partial charge in [-0.3, -0.25) is 4.79 Å². The van der Waals surface area contributed by atoms with Crippen LogP contribution in [0.4, 0.5) is 8.78 Å². The first kappa shape index (κ1) is 12.6. The minimum absolute atomic E-state index is 0.0203. The molecular weight excluding hydrogens is 216 g/mol. The Hall–Kier alpha value is -1.49. The molecule has 0 amide bonds. The highest BCUT2D eigenvalue weighted by Crippen LogP contribution is 2.19. The summed E-state index contributed by atoms with van der Waals surface area (Å²) < 4.78 is 30.8. The number of rotatable bonds is 4. The summed E-state index contributed by atoms with van der Waals surface area (Å²) in [4.78, 5) is 11.1. The molecule has 0 saturated heterocycles. The number of ether oxygens (including phenoxy) is 1. The van der Waals surface area contributed by atoms with E-state index >= 15 is 0 Å². The molecule has 88 valence electrons. The van der Waals surface area contributed by atoms with E-state index in [-0.39, 0.29) is 18.6 Å². The number of carbonyl (C=O) groups excluding carboxylic acids is 1. The van der Waals surface area contributed by atoms with Gasteiger partial charge in [0.05, 0.1) is 13.0 Å². The summed E-state index contributed by atoms with van der Waals surface area (Å²) in [7, 11) is 0. The normalized spacial score (nSPS) is 12.2. The summed E-state index contributed by atoms with van der Waals surface area (Å²) in [5.41, 5.74) is 5.57. The third kappa shape index (κ3) is 3.27. The van der Waals surface area contributed by atoms with Crippen LogP contribution in [0.5, 0.6) is 0 Å². The molecule has 0 saturated carbocycles. The van der Waals surface area contributed by atoms with Crippen LogP contribution in [-0.2, 0) is 9.53 Å². The van der Waals surface area contributed by atoms with Crippen molar-refractivity contribution in [2.45, 2.75) is 19.4 Å². The van der Waals surface area contributed by atoms with E-state index < -0.39 is 23.6 Å². The van der Waals surface area contributed by atoms with Crippen LogP contribution in [0.3, 0.4) is 0 Å². The third-order valence-corrected chi connectivity index (χ3v) is 2.05. The summed E-state index contributed by atoms with van der Waals surface area (Å²) in [6.07, 6.45) is -0.172. The van der Waals surface area contributed by atoms with Gasteiger partial charge in [0.1, 0.15) is 11.6 Å². The van der Waals surface area contributed by atoms with Gasteiger partial charge in [-0.2, -0.15) is 0 Å². The molecule has 0 unspecified atom stereocenters. The molecular formula is C11H13F2NO2. The van der Waals surface area contributed by atoms with Gasteiger partial charge in [-0.05, 0) is 25.1 Å². The van der Waals surface area contributed by atoms with Crippen LogP contribution in [0.15, 0.2) is 18.2 Å². The number of benzene rings is 1. The van der Waals surface area contributed by atoms with Crippen molar-refractivity contribution in [3.63, 3.8) is 0 Å². The Bertz CT molecular complexity index is 382. The number of hydrogen-bond donors (Lipinski definition) is 1.